The molecule has 4 aromatic rings. The van der Waals surface area contributed by atoms with Gasteiger partial charge < -0.3 is 15.2 Å². The van der Waals surface area contributed by atoms with E-state index in [1.807, 2.05) is 0 Å². The van der Waals surface area contributed by atoms with Crippen molar-refractivity contribution in [1.82, 2.24) is 19.6 Å². The van der Waals surface area contributed by atoms with Crippen LogP contribution in [0.2, 0.25) is 0 Å². The van der Waals surface area contributed by atoms with E-state index in [4.69, 9.17) is 4.74 Å². The first-order chi connectivity index (χ1) is 14.1. The molecule has 0 saturated heterocycles. The average Bonchev–Trinajstić information content (AvgIpc) is 3.08. The topological polar surface area (TPSA) is 125 Å². The maximum Gasteiger partial charge on any atom is 0.337 e. The standard InChI is InChI=1S/C20H14N6O3/c1-12-16(19(27)28)11-26-18(12)17(13(9-21)10-24-26)25-14-3-5-15(6-4-14)29-20-22-7-2-8-23-20/h2-8,10-11,25H,1H3,(H,27,28). The molecule has 0 spiro atoms. The normalized spacial score (nSPS) is 10.5. The zero-order valence-corrected chi connectivity index (χ0v) is 15.2. The Bertz CT molecular complexity index is 1240. The van der Waals surface area contributed by atoms with Gasteiger partial charge in [0.05, 0.1) is 28.5 Å². The summed E-state index contributed by atoms with van der Waals surface area (Å²) < 4.78 is 7.02. The van der Waals surface area contributed by atoms with Crippen LogP contribution in [0.5, 0.6) is 11.8 Å². The number of hydrogen-bond acceptors (Lipinski definition) is 7. The number of nitrogens with one attached hydrogen (secondary N) is 1. The zero-order chi connectivity index (χ0) is 20.4. The molecule has 0 aliphatic heterocycles. The molecule has 0 aliphatic rings. The number of aromatic carboxylic acids is 1. The lowest BCUT2D eigenvalue weighted by molar-refractivity contribution is 0.0696. The molecule has 0 radical (unpaired) electrons. The van der Waals surface area contributed by atoms with Gasteiger partial charge in [0.15, 0.2) is 0 Å². The van der Waals surface area contributed by atoms with Gasteiger partial charge >= 0.3 is 12.0 Å². The highest BCUT2D eigenvalue weighted by molar-refractivity contribution is 5.96. The molecular formula is C20H14N6O3. The van der Waals surface area contributed by atoms with Crippen molar-refractivity contribution < 1.29 is 14.6 Å². The van der Waals surface area contributed by atoms with E-state index in [-0.39, 0.29) is 11.6 Å². The number of hydrogen-bond donors (Lipinski definition) is 2. The second kappa shape index (κ2) is 7.28. The van der Waals surface area contributed by atoms with Gasteiger partial charge in [-0.3, -0.25) is 0 Å². The van der Waals surface area contributed by atoms with Crippen LogP contribution in [0.3, 0.4) is 0 Å². The molecule has 0 fully saturated rings. The summed E-state index contributed by atoms with van der Waals surface area (Å²) >= 11 is 0. The first-order valence-corrected chi connectivity index (χ1v) is 8.53. The van der Waals surface area contributed by atoms with Gasteiger partial charge in [-0.2, -0.15) is 10.4 Å². The number of carboxylic acid groups (broad SMARTS) is 1. The van der Waals surface area contributed by atoms with Gasteiger partial charge in [-0.25, -0.2) is 19.3 Å². The van der Waals surface area contributed by atoms with Crippen molar-refractivity contribution in [1.29, 1.82) is 5.26 Å². The van der Waals surface area contributed by atoms with Crippen LogP contribution in [0, 0.1) is 18.3 Å². The first-order valence-electron chi connectivity index (χ1n) is 8.53. The van der Waals surface area contributed by atoms with Crippen LogP contribution in [-0.4, -0.2) is 30.7 Å². The lowest BCUT2D eigenvalue weighted by Gasteiger charge is -2.11. The molecule has 3 heterocycles. The predicted molar refractivity (Wildman–Crippen MR) is 103 cm³/mol. The Hall–Kier alpha value is -4.45. The number of aromatic nitrogens is 4. The fraction of sp³-hybridized carbons (Fsp3) is 0.0500. The van der Waals surface area contributed by atoms with E-state index in [1.54, 1.807) is 49.6 Å². The molecular weight excluding hydrogens is 372 g/mol. The Balaban J connectivity index is 1.68. The van der Waals surface area contributed by atoms with Crippen molar-refractivity contribution in [3.05, 3.63) is 71.8 Å². The number of carbonyl (C=O) groups is 1. The third-order valence-corrected chi connectivity index (χ3v) is 4.28. The monoisotopic (exact) mass is 386 g/mol. The lowest BCUT2D eigenvalue weighted by Crippen LogP contribution is -2.01. The van der Waals surface area contributed by atoms with Gasteiger partial charge in [0, 0.05) is 24.3 Å². The molecule has 0 atom stereocenters. The summed E-state index contributed by atoms with van der Waals surface area (Å²) in [7, 11) is 0. The van der Waals surface area contributed by atoms with E-state index in [9.17, 15) is 15.2 Å². The minimum absolute atomic E-state index is 0.127. The van der Waals surface area contributed by atoms with Gasteiger partial charge in [-0.1, -0.05) is 0 Å². The molecule has 29 heavy (non-hydrogen) atoms. The smallest absolute Gasteiger partial charge is 0.337 e. The summed E-state index contributed by atoms with van der Waals surface area (Å²) in [5.74, 6) is -0.503. The lowest BCUT2D eigenvalue weighted by atomic mass is 10.1. The van der Waals surface area contributed by atoms with E-state index in [1.165, 1.54) is 16.9 Å². The summed E-state index contributed by atoms with van der Waals surface area (Å²) in [6.45, 7) is 1.68. The van der Waals surface area contributed by atoms with Gasteiger partial charge in [-0.15, -0.1) is 0 Å². The first kappa shape index (κ1) is 17.9. The van der Waals surface area contributed by atoms with E-state index < -0.39 is 5.97 Å². The summed E-state index contributed by atoms with van der Waals surface area (Å²) in [5, 5.41) is 26.2. The van der Waals surface area contributed by atoms with Crippen LogP contribution < -0.4 is 10.1 Å². The van der Waals surface area contributed by atoms with Crippen LogP contribution in [0.4, 0.5) is 11.4 Å². The highest BCUT2D eigenvalue weighted by Gasteiger charge is 2.19. The number of fused-ring (bicyclic) bond motifs is 1. The number of benzene rings is 1. The van der Waals surface area contributed by atoms with Crippen molar-refractivity contribution in [2.45, 2.75) is 6.92 Å². The van der Waals surface area contributed by atoms with Crippen LogP contribution >= 0.6 is 0 Å². The summed E-state index contributed by atoms with van der Waals surface area (Å²) in [6.07, 6.45) is 5.99. The van der Waals surface area contributed by atoms with Gasteiger partial charge in [0.2, 0.25) is 0 Å². The Morgan fingerprint density at radius 3 is 2.62 bits per heavy atom. The second-order valence-electron chi connectivity index (χ2n) is 6.09. The molecule has 0 saturated carbocycles. The number of rotatable bonds is 5. The highest BCUT2D eigenvalue weighted by atomic mass is 16.5. The average molecular weight is 386 g/mol. The van der Waals surface area contributed by atoms with Gasteiger partial charge in [0.1, 0.15) is 11.8 Å². The molecule has 2 N–H and O–H groups in total. The third-order valence-electron chi connectivity index (χ3n) is 4.28. The molecule has 1 aromatic carbocycles. The molecule has 9 heteroatoms. The minimum atomic E-state index is -1.05. The molecule has 9 nitrogen and oxygen atoms in total. The molecule has 142 valence electrons. The van der Waals surface area contributed by atoms with Crippen molar-refractivity contribution in [3.8, 4) is 17.8 Å². The van der Waals surface area contributed by atoms with Gasteiger partial charge in [0.25, 0.3) is 0 Å². The number of ether oxygens (including phenoxy) is 1. The quantitative estimate of drug-likeness (QED) is 0.533. The van der Waals surface area contributed by atoms with Crippen LogP contribution in [0.1, 0.15) is 21.5 Å². The Labute approximate surface area is 164 Å². The molecule has 0 amide bonds. The second-order valence-corrected chi connectivity index (χ2v) is 6.09. The number of carboxylic acids is 1. The SMILES string of the molecule is Cc1c(C(=O)O)cn2ncc(C#N)c(Nc3ccc(Oc4ncccn4)cc3)c12. The number of aryl methyl sites for hydroxylation is 1. The predicted octanol–water partition coefficient (Wildman–Crippen LogP) is 3.54. The molecule has 0 aliphatic carbocycles. The van der Waals surface area contributed by atoms with E-state index in [0.717, 1.165) is 0 Å². The number of nitrogens with zero attached hydrogens (tertiary/aromatic N) is 5. The Morgan fingerprint density at radius 2 is 1.97 bits per heavy atom. The highest BCUT2D eigenvalue weighted by Crippen LogP contribution is 2.31. The largest absolute Gasteiger partial charge is 0.478 e. The number of anilines is 2. The molecule has 0 bridgehead atoms. The van der Waals surface area contributed by atoms with Crippen LogP contribution in [0.25, 0.3) is 5.52 Å². The van der Waals surface area contributed by atoms with Crippen molar-refractivity contribution in [2.24, 2.45) is 0 Å². The minimum Gasteiger partial charge on any atom is -0.478 e. The Kier molecular flexibility index (Phi) is 4.50. The van der Waals surface area contributed by atoms with Crippen LogP contribution in [-0.2, 0) is 0 Å². The summed E-state index contributed by atoms with van der Waals surface area (Å²) in [4.78, 5) is 19.5. The van der Waals surface area contributed by atoms with E-state index in [0.29, 0.717) is 33.8 Å². The maximum atomic E-state index is 11.5. The zero-order valence-electron chi connectivity index (χ0n) is 15.2. The van der Waals surface area contributed by atoms with Crippen LogP contribution in [0.15, 0.2) is 55.1 Å². The fourth-order valence-electron chi connectivity index (χ4n) is 2.91. The third kappa shape index (κ3) is 3.42. The molecule has 4 rings (SSSR count). The van der Waals surface area contributed by atoms with Crippen molar-refractivity contribution in [2.75, 3.05) is 5.32 Å². The summed E-state index contributed by atoms with van der Waals surface area (Å²) in [5.41, 5.74) is 2.64. The fourth-order valence-corrected chi connectivity index (χ4v) is 2.91. The van der Waals surface area contributed by atoms with Crippen molar-refractivity contribution in [3.63, 3.8) is 0 Å². The molecule has 3 aromatic heterocycles. The van der Waals surface area contributed by atoms with Crippen molar-refractivity contribution >= 4 is 22.9 Å². The van der Waals surface area contributed by atoms with E-state index in [2.05, 4.69) is 26.5 Å². The molecule has 0 unspecified atom stereocenters. The van der Waals surface area contributed by atoms with Gasteiger partial charge in [-0.05, 0) is 42.8 Å². The Morgan fingerprint density at radius 1 is 1.24 bits per heavy atom. The number of nitriles is 1. The summed E-state index contributed by atoms with van der Waals surface area (Å²) in [6, 6.07) is 11.0. The maximum absolute atomic E-state index is 11.5. The van der Waals surface area contributed by atoms with E-state index >= 15 is 0 Å².